The maximum Gasteiger partial charge on any atom is 0.244 e. The van der Waals surface area contributed by atoms with E-state index < -0.39 is 0 Å². The quantitative estimate of drug-likeness (QED) is 0.745. The summed E-state index contributed by atoms with van der Waals surface area (Å²) >= 11 is 0. The van der Waals surface area contributed by atoms with Crippen molar-refractivity contribution in [1.82, 2.24) is 5.32 Å². The Morgan fingerprint density at radius 3 is 2.40 bits per heavy atom. The molecule has 0 saturated heterocycles. The molecule has 0 aliphatic heterocycles. The molecule has 6 nitrogen and oxygen atoms in total. The van der Waals surface area contributed by atoms with Gasteiger partial charge in [-0.25, -0.2) is 0 Å². The maximum atomic E-state index is 12.1. The first kappa shape index (κ1) is 18.4. The fraction of sp³-hybridized carbons (Fsp3) is 0.316. The molecule has 0 fully saturated rings. The minimum absolute atomic E-state index is 0.00492. The van der Waals surface area contributed by atoms with Gasteiger partial charge in [-0.3, -0.25) is 4.79 Å². The van der Waals surface area contributed by atoms with E-state index in [9.17, 15) is 4.79 Å². The largest absolute Gasteiger partial charge is 0.493 e. The standard InChI is InChI=1S/C19H23NO5/c1-13(9-15-7-8-25-12-15)20-18(21)6-5-14-10-16(22-2)19(24-4)17(11-14)23-3/h5-8,10-13H,9H2,1-4H3,(H,20,21)/b6-5+. The van der Waals surface area contributed by atoms with Gasteiger partial charge < -0.3 is 23.9 Å². The van der Waals surface area contributed by atoms with Crippen LogP contribution in [0.25, 0.3) is 6.08 Å². The predicted molar refractivity (Wildman–Crippen MR) is 95.1 cm³/mol. The topological polar surface area (TPSA) is 69.9 Å². The van der Waals surface area contributed by atoms with Crippen LogP contribution < -0.4 is 19.5 Å². The fourth-order valence-corrected chi connectivity index (χ4v) is 2.47. The summed E-state index contributed by atoms with van der Waals surface area (Å²) in [5, 5.41) is 2.91. The second kappa shape index (κ2) is 8.82. The summed E-state index contributed by atoms with van der Waals surface area (Å²) in [6, 6.07) is 5.43. The van der Waals surface area contributed by atoms with Crippen molar-refractivity contribution in [3.05, 3.63) is 47.9 Å². The normalized spacial score (nSPS) is 12.0. The van der Waals surface area contributed by atoms with E-state index in [2.05, 4.69) is 5.32 Å². The zero-order valence-electron chi connectivity index (χ0n) is 14.9. The van der Waals surface area contributed by atoms with Gasteiger partial charge in [-0.05, 0) is 48.7 Å². The van der Waals surface area contributed by atoms with E-state index in [1.54, 1.807) is 52.1 Å². The average molecular weight is 345 g/mol. The van der Waals surface area contributed by atoms with Crippen molar-refractivity contribution in [2.45, 2.75) is 19.4 Å². The lowest BCUT2D eigenvalue weighted by Crippen LogP contribution is -2.32. The van der Waals surface area contributed by atoms with Gasteiger partial charge >= 0.3 is 0 Å². The lowest BCUT2D eigenvalue weighted by atomic mass is 10.1. The van der Waals surface area contributed by atoms with Crippen molar-refractivity contribution in [2.24, 2.45) is 0 Å². The number of carbonyl (C=O) groups excluding carboxylic acids is 1. The maximum absolute atomic E-state index is 12.1. The smallest absolute Gasteiger partial charge is 0.244 e. The van der Waals surface area contributed by atoms with E-state index in [1.807, 2.05) is 13.0 Å². The molecule has 0 radical (unpaired) electrons. The molecule has 0 spiro atoms. The van der Waals surface area contributed by atoms with Crippen LogP contribution in [-0.4, -0.2) is 33.3 Å². The van der Waals surface area contributed by atoms with Gasteiger partial charge in [0.05, 0.1) is 33.9 Å². The first-order valence-corrected chi connectivity index (χ1v) is 7.87. The molecule has 1 atom stereocenters. The molecule has 6 heteroatoms. The van der Waals surface area contributed by atoms with Crippen molar-refractivity contribution in [1.29, 1.82) is 0 Å². The van der Waals surface area contributed by atoms with Crippen molar-refractivity contribution in [3.8, 4) is 17.2 Å². The third kappa shape index (κ3) is 5.04. The molecule has 1 aromatic carbocycles. The van der Waals surface area contributed by atoms with Gasteiger partial charge in [-0.15, -0.1) is 0 Å². The molecule has 134 valence electrons. The predicted octanol–water partition coefficient (Wildman–Crippen LogP) is 3.07. The summed E-state index contributed by atoms with van der Waals surface area (Å²) in [5.41, 5.74) is 1.81. The van der Waals surface area contributed by atoms with Crippen LogP contribution in [0.4, 0.5) is 0 Å². The van der Waals surface area contributed by atoms with Crippen LogP contribution in [0.3, 0.4) is 0 Å². The summed E-state index contributed by atoms with van der Waals surface area (Å²) < 4.78 is 20.9. The lowest BCUT2D eigenvalue weighted by molar-refractivity contribution is -0.117. The highest BCUT2D eigenvalue weighted by Crippen LogP contribution is 2.38. The average Bonchev–Trinajstić information content (AvgIpc) is 3.11. The van der Waals surface area contributed by atoms with Gasteiger partial charge in [-0.1, -0.05) is 0 Å². The molecule has 1 heterocycles. The van der Waals surface area contributed by atoms with E-state index in [-0.39, 0.29) is 11.9 Å². The third-order valence-corrected chi connectivity index (χ3v) is 3.62. The van der Waals surface area contributed by atoms with Crippen LogP contribution in [-0.2, 0) is 11.2 Å². The van der Waals surface area contributed by atoms with E-state index in [0.29, 0.717) is 23.7 Å². The Balaban J connectivity index is 2.03. The molecule has 1 N–H and O–H groups in total. The Morgan fingerprint density at radius 1 is 1.20 bits per heavy atom. The van der Waals surface area contributed by atoms with Crippen LogP contribution in [0.2, 0.25) is 0 Å². The summed E-state index contributed by atoms with van der Waals surface area (Å²) in [6.07, 6.45) is 7.18. The second-order valence-corrected chi connectivity index (χ2v) is 5.54. The molecule has 1 amide bonds. The Hall–Kier alpha value is -2.89. The number of hydrogen-bond donors (Lipinski definition) is 1. The fourth-order valence-electron chi connectivity index (χ4n) is 2.47. The lowest BCUT2D eigenvalue weighted by Gasteiger charge is -2.13. The third-order valence-electron chi connectivity index (χ3n) is 3.62. The van der Waals surface area contributed by atoms with Crippen molar-refractivity contribution in [2.75, 3.05) is 21.3 Å². The minimum atomic E-state index is -0.176. The number of nitrogens with one attached hydrogen (secondary N) is 1. The molecule has 0 aliphatic rings. The first-order chi connectivity index (χ1) is 12.1. The van der Waals surface area contributed by atoms with Crippen LogP contribution in [0.15, 0.2) is 41.2 Å². The Labute approximate surface area is 147 Å². The zero-order chi connectivity index (χ0) is 18.2. The molecule has 2 aromatic rings. The molecule has 2 rings (SSSR count). The monoisotopic (exact) mass is 345 g/mol. The number of hydrogen-bond acceptors (Lipinski definition) is 5. The van der Waals surface area contributed by atoms with E-state index >= 15 is 0 Å². The number of ether oxygens (including phenoxy) is 3. The molecule has 0 aliphatic carbocycles. The number of methoxy groups -OCH3 is 3. The number of benzene rings is 1. The summed E-state index contributed by atoms with van der Waals surface area (Å²) in [7, 11) is 4.65. The highest BCUT2D eigenvalue weighted by molar-refractivity contribution is 5.92. The highest BCUT2D eigenvalue weighted by atomic mass is 16.5. The van der Waals surface area contributed by atoms with Crippen LogP contribution >= 0.6 is 0 Å². The van der Waals surface area contributed by atoms with Crippen molar-refractivity contribution in [3.63, 3.8) is 0 Å². The van der Waals surface area contributed by atoms with Crippen LogP contribution in [0.5, 0.6) is 17.2 Å². The summed E-state index contributed by atoms with van der Waals surface area (Å²) in [6.45, 7) is 1.94. The molecule has 1 unspecified atom stereocenters. The molecule has 0 saturated carbocycles. The highest BCUT2D eigenvalue weighted by Gasteiger charge is 2.12. The molecular weight excluding hydrogens is 322 g/mol. The SMILES string of the molecule is COc1cc(/C=C/C(=O)NC(C)Cc2ccoc2)cc(OC)c1OC. The van der Waals surface area contributed by atoms with Gasteiger partial charge in [-0.2, -0.15) is 0 Å². The van der Waals surface area contributed by atoms with Gasteiger partial charge in [0.15, 0.2) is 11.5 Å². The summed E-state index contributed by atoms with van der Waals surface area (Å²) in [4.78, 5) is 12.1. The summed E-state index contributed by atoms with van der Waals surface area (Å²) in [5.74, 6) is 1.41. The molecular formula is C19H23NO5. The number of furan rings is 1. The van der Waals surface area contributed by atoms with Crippen molar-refractivity contribution >= 4 is 12.0 Å². The first-order valence-electron chi connectivity index (χ1n) is 7.87. The Bertz CT molecular complexity index is 696. The van der Waals surface area contributed by atoms with Gasteiger partial charge in [0.2, 0.25) is 11.7 Å². The van der Waals surface area contributed by atoms with Gasteiger partial charge in [0.1, 0.15) is 0 Å². The number of carbonyl (C=O) groups is 1. The Kier molecular flexibility index (Phi) is 6.51. The second-order valence-electron chi connectivity index (χ2n) is 5.54. The zero-order valence-corrected chi connectivity index (χ0v) is 14.9. The van der Waals surface area contributed by atoms with Crippen LogP contribution in [0, 0.1) is 0 Å². The number of amides is 1. The van der Waals surface area contributed by atoms with E-state index in [4.69, 9.17) is 18.6 Å². The van der Waals surface area contributed by atoms with E-state index in [1.165, 1.54) is 6.08 Å². The Morgan fingerprint density at radius 2 is 1.88 bits per heavy atom. The molecule has 0 bridgehead atoms. The number of rotatable bonds is 8. The van der Waals surface area contributed by atoms with Gasteiger partial charge in [0.25, 0.3) is 0 Å². The molecule has 1 aromatic heterocycles. The van der Waals surface area contributed by atoms with Gasteiger partial charge in [0, 0.05) is 12.1 Å². The molecule has 25 heavy (non-hydrogen) atoms. The van der Waals surface area contributed by atoms with E-state index in [0.717, 1.165) is 11.1 Å². The van der Waals surface area contributed by atoms with Crippen LogP contribution in [0.1, 0.15) is 18.1 Å². The van der Waals surface area contributed by atoms with Crippen molar-refractivity contribution < 1.29 is 23.4 Å². The minimum Gasteiger partial charge on any atom is -0.493 e.